The standard InChI is InChI=1S/C14H21BrN4O2/c15-11-8-18-19(9-10-4-3-5-10)14(21)13(11)17-7-2-1-6-12(16)20/h8,10,17H,1-7,9H2,(H2,16,20). The van der Waals surface area contributed by atoms with Crippen molar-refractivity contribution in [2.75, 3.05) is 11.9 Å². The molecule has 116 valence electrons. The number of hydrogen-bond acceptors (Lipinski definition) is 4. The summed E-state index contributed by atoms with van der Waals surface area (Å²) in [5.41, 5.74) is 5.54. The van der Waals surface area contributed by atoms with Crippen molar-refractivity contribution in [2.45, 2.75) is 45.1 Å². The van der Waals surface area contributed by atoms with E-state index in [9.17, 15) is 9.59 Å². The van der Waals surface area contributed by atoms with E-state index >= 15 is 0 Å². The van der Waals surface area contributed by atoms with Crippen molar-refractivity contribution in [1.82, 2.24) is 9.78 Å². The van der Waals surface area contributed by atoms with Gasteiger partial charge < -0.3 is 11.1 Å². The number of nitrogens with two attached hydrogens (primary N) is 1. The average Bonchev–Trinajstić information content (AvgIpc) is 2.38. The quantitative estimate of drug-likeness (QED) is 0.695. The van der Waals surface area contributed by atoms with E-state index in [0.29, 0.717) is 35.6 Å². The molecule has 0 bridgehead atoms. The van der Waals surface area contributed by atoms with Gasteiger partial charge in [0.15, 0.2) is 0 Å². The summed E-state index contributed by atoms with van der Waals surface area (Å²) in [6.07, 6.45) is 7.17. The minimum absolute atomic E-state index is 0.0915. The number of primary amides is 1. The van der Waals surface area contributed by atoms with Gasteiger partial charge in [-0.05, 0) is 47.5 Å². The molecule has 0 aliphatic heterocycles. The summed E-state index contributed by atoms with van der Waals surface area (Å²) in [7, 11) is 0. The number of rotatable bonds is 8. The highest BCUT2D eigenvalue weighted by atomic mass is 79.9. The number of nitrogens with one attached hydrogen (secondary N) is 1. The van der Waals surface area contributed by atoms with Crippen molar-refractivity contribution in [2.24, 2.45) is 11.7 Å². The van der Waals surface area contributed by atoms with Crippen LogP contribution in [0.5, 0.6) is 0 Å². The molecule has 6 nitrogen and oxygen atoms in total. The molecule has 1 aliphatic carbocycles. The Morgan fingerprint density at radius 3 is 2.86 bits per heavy atom. The molecule has 1 aromatic heterocycles. The highest BCUT2D eigenvalue weighted by Crippen LogP contribution is 2.27. The zero-order valence-corrected chi connectivity index (χ0v) is 13.6. The molecular weight excluding hydrogens is 336 g/mol. The van der Waals surface area contributed by atoms with Crippen LogP contribution in [0, 0.1) is 5.92 Å². The molecule has 0 aromatic carbocycles. The van der Waals surface area contributed by atoms with E-state index in [4.69, 9.17) is 5.73 Å². The summed E-state index contributed by atoms with van der Waals surface area (Å²) in [5.74, 6) is 0.294. The van der Waals surface area contributed by atoms with Gasteiger partial charge in [-0.15, -0.1) is 0 Å². The van der Waals surface area contributed by atoms with Crippen molar-refractivity contribution in [3.8, 4) is 0 Å². The first kappa shape index (κ1) is 16.0. The van der Waals surface area contributed by atoms with Crippen LogP contribution in [0.4, 0.5) is 5.69 Å². The summed E-state index contributed by atoms with van der Waals surface area (Å²) in [5, 5.41) is 7.32. The first-order valence-electron chi connectivity index (χ1n) is 7.35. The number of carbonyl (C=O) groups is 1. The first-order valence-corrected chi connectivity index (χ1v) is 8.15. The van der Waals surface area contributed by atoms with Gasteiger partial charge in [-0.1, -0.05) is 6.42 Å². The van der Waals surface area contributed by atoms with E-state index in [0.717, 1.165) is 12.8 Å². The molecular formula is C14H21BrN4O2. The molecule has 1 fully saturated rings. The van der Waals surface area contributed by atoms with Gasteiger partial charge in [-0.3, -0.25) is 9.59 Å². The molecule has 7 heteroatoms. The Labute approximate surface area is 132 Å². The van der Waals surface area contributed by atoms with Crippen LogP contribution >= 0.6 is 15.9 Å². The highest BCUT2D eigenvalue weighted by Gasteiger charge is 2.20. The summed E-state index contributed by atoms with van der Waals surface area (Å²) >= 11 is 3.36. The predicted octanol–water partition coefficient (Wildman–Crippen LogP) is 1.87. The minimum atomic E-state index is -0.289. The Bertz CT molecular complexity index is 554. The van der Waals surface area contributed by atoms with E-state index in [1.807, 2.05) is 0 Å². The van der Waals surface area contributed by atoms with Crippen LogP contribution < -0.4 is 16.6 Å². The predicted molar refractivity (Wildman–Crippen MR) is 85.1 cm³/mol. The third kappa shape index (κ3) is 4.56. The number of nitrogens with zero attached hydrogens (tertiary/aromatic N) is 2. The molecule has 1 heterocycles. The van der Waals surface area contributed by atoms with Crippen molar-refractivity contribution in [3.05, 3.63) is 21.0 Å². The van der Waals surface area contributed by atoms with Crippen LogP contribution in [0.15, 0.2) is 15.5 Å². The third-order valence-corrected chi connectivity index (χ3v) is 4.41. The van der Waals surface area contributed by atoms with Gasteiger partial charge >= 0.3 is 0 Å². The molecule has 21 heavy (non-hydrogen) atoms. The van der Waals surface area contributed by atoms with E-state index in [2.05, 4.69) is 26.3 Å². The molecule has 1 amide bonds. The lowest BCUT2D eigenvalue weighted by molar-refractivity contribution is -0.118. The van der Waals surface area contributed by atoms with Gasteiger partial charge in [0.05, 0.1) is 10.7 Å². The fraction of sp³-hybridized carbons (Fsp3) is 0.643. The second kappa shape index (κ2) is 7.59. The molecule has 1 saturated carbocycles. The lowest BCUT2D eigenvalue weighted by atomic mass is 9.85. The van der Waals surface area contributed by atoms with Crippen molar-refractivity contribution >= 4 is 27.5 Å². The van der Waals surface area contributed by atoms with Crippen LogP contribution in [0.25, 0.3) is 0 Å². The molecule has 3 N–H and O–H groups in total. The summed E-state index contributed by atoms with van der Waals surface area (Å²) in [6, 6.07) is 0. The van der Waals surface area contributed by atoms with Crippen molar-refractivity contribution in [1.29, 1.82) is 0 Å². The van der Waals surface area contributed by atoms with Crippen LogP contribution in [-0.2, 0) is 11.3 Å². The number of halogens is 1. The zero-order chi connectivity index (χ0) is 15.2. The number of carbonyl (C=O) groups excluding carboxylic acids is 1. The van der Waals surface area contributed by atoms with Crippen molar-refractivity contribution < 1.29 is 4.79 Å². The van der Waals surface area contributed by atoms with E-state index in [1.165, 1.54) is 19.3 Å². The Morgan fingerprint density at radius 1 is 1.48 bits per heavy atom. The monoisotopic (exact) mass is 356 g/mol. The lowest BCUT2D eigenvalue weighted by Gasteiger charge is -2.25. The molecule has 2 rings (SSSR count). The van der Waals surface area contributed by atoms with Crippen molar-refractivity contribution in [3.63, 3.8) is 0 Å². The van der Waals surface area contributed by atoms with Gasteiger partial charge in [0.2, 0.25) is 5.91 Å². The van der Waals surface area contributed by atoms with E-state index < -0.39 is 0 Å². The Balaban J connectivity index is 1.92. The fourth-order valence-corrected chi connectivity index (χ4v) is 2.72. The number of anilines is 1. The van der Waals surface area contributed by atoms with Crippen LogP contribution in [-0.4, -0.2) is 22.2 Å². The minimum Gasteiger partial charge on any atom is -0.380 e. The smallest absolute Gasteiger partial charge is 0.291 e. The lowest BCUT2D eigenvalue weighted by Crippen LogP contribution is -2.31. The fourth-order valence-electron chi connectivity index (χ4n) is 2.32. The van der Waals surface area contributed by atoms with Crippen LogP contribution in [0.3, 0.4) is 0 Å². The number of hydrogen-bond donors (Lipinski definition) is 2. The number of unbranched alkanes of at least 4 members (excludes halogenated alkanes) is 1. The van der Waals surface area contributed by atoms with Gasteiger partial charge in [-0.2, -0.15) is 5.10 Å². The Morgan fingerprint density at radius 2 is 2.24 bits per heavy atom. The van der Waals surface area contributed by atoms with E-state index in [-0.39, 0.29) is 11.5 Å². The SMILES string of the molecule is NC(=O)CCCCNc1c(Br)cnn(CC2CCC2)c1=O. The summed E-state index contributed by atoms with van der Waals surface area (Å²) in [4.78, 5) is 23.0. The number of aromatic nitrogens is 2. The Hall–Kier alpha value is -1.37. The van der Waals surface area contributed by atoms with Gasteiger partial charge in [0, 0.05) is 19.5 Å². The average molecular weight is 357 g/mol. The molecule has 1 aliphatic rings. The van der Waals surface area contributed by atoms with Crippen LogP contribution in [0.1, 0.15) is 38.5 Å². The first-order chi connectivity index (χ1) is 10.1. The highest BCUT2D eigenvalue weighted by molar-refractivity contribution is 9.10. The maximum atomic E-state index is 12.4. The largest absolute Gasteiger partial charge is 0.380 e. The molecule has 0 atom stereocenters. The molecule has 0 radical (unpaired) electrons. The van der Waals surface area contributed by atoms with Gasteiger partial charge in [-0.25, -0.2) is 4.68 Å². The Kier molecular flexibility index (Phi) is 5.78. The maximum Gasteiger partial charge on any atom is 0.291 e. The van der Waals surface area contributed by atoms with Crippen LogP contribution in [0.2, 0.25) is 0 Å². The van der Waals surface area contributed by atoms with E-state index in [1.54, 1.807) is 10.9 Å². The molecule has 0 saturated heterocycles. The van der Waals surface area contributed by atoms with Gasteiger partial charge in [0.1, 0.15) is 5.69 Å². The van der Waals surface area contributed by atoms with Gasteiger partial charge in [0.25, 0.3) is 5.56 Å². The molecule has 1 aromatic rings. The molecule has 0 spiro atoms. The zero-order valence-electron chi connectivity index (χ0n) is 12.0. The third-order valence-electron chi connectivity index (χ3n) is 3.81. The number of amides is 1. The summed E-state index contributed by atoms with van der Waals surface area (Å²) < 4.78 is 2.22. The summed E-state index contributed by atoms with van der Waals surface area (Å²) in [6.45, 7) is 1.33. The second-order valence-electron chi connectivity index (χ2n) is 5.50. The normalized spacial score (nSPS) is 14.7. The molecule has 0 unspecified atom stereocenters. The maximum absolute atomic E-state index is 12.4. The second-order valence-corrected chi connectivity index (χ2v) is 6.36. The topological polar surface area (TPSA) is 90.0 Å².